The Morgan fingerprint density at radius 1 is 1.19 bits per heavy atom. The van der Waals surface area contributed by atoms with Crippen LogP contribution in [0.15, 0.2) is 22.4 Å². The summed E-state index contributed by atoms with van der Waals surface area (Å²) < 4.78 is 38.3. The fraction of sp³-hybridized carbons (Fsp3) is 0.500. The molecule has 1 heterocycles. The molecule has 0 fully saturated rings. The molecule has 0 saturated heterocycles. The zero-order chi connectivity index (χ0) is 20.2. The minimum absolute atomic E-state index is 0.0231. The molecular formula is C18H22ClF3N4S. The molecule has 0 spiro atoms. The number of alkyl halides is 3. The van der Waals surface area contributed by atoms with Gasteiger partial charge in [0.25, 0.3) is 0 Å². The van der Waals surface area contributed by atoms with Crippen molar-refractivity contribution in [1.82, 2.24) is 4.98 Å². The van der Waals surface area contributed by atoms with Crippen molar-refractivity contribution >= 4 is 40.1 Å². The number of nitrogens with zero attached hydrogens (tertiary/aromatic N) is 4. The van der Waals surface area contributed by atoms with E-state index < -0.39 is 11.2 Å². The second-order valence-electron chi connectivity index (χ2n) is 6.12. The van der Waals surface area contributed by atoms with E-state index >= 15 is 0 Å². The minimum Gasteiger partial charge on any atom is -0.371 e. The molecule has 9 heteroatoms. The van der Waals surface area contributed by atoms with Gasteiger partial charge in [-0.2, -0.15) is 13.2 Å². The number of hydrogen-bond donors (Lipinski definition) is 0. The van der Waals surface area contributed by atoms with Gasteiger partial charge >= 0.3 is 6.18 Å². The number of hydrogen-bond acceptors (Lipinski definition) is 5. The third-order valence-electron chi connectivity index (χ3n) is 4.04. The molecule has 0 radical (unpaired) electrons. The molecule has 0 amide bonds. The molecule has 0 bridgehead atoms. The van der Waals surface area contributed by atoms with Crippen LogP contribution < -0.4 is 4.90 Å². The molecule has 4 nitrogen and oxygen atoms in total. The van der Waals surface area contributed by atoms with Crippen molar-refractivity contribution in [2.75, 3.05) is 18.0 Å². The lowest BCUT2D eigenvalue weighted by Gasteiger charge is -2.24. The molecule has 0 N–H and O–H groups in total. The van der Waals surface area contributed by atoms with Crippen molar-refractivity contribution in [1.29, 1.82) is 0 Å². The van der Waals surface area contributed by atoms with Gasteiger partial charge in [-0.05, 0) is 44.9 Å². The number of aromatic nitrogens is 1. The minimum atomic E-state index is -4.48. The molecule has 1 aromatic carbocycles. The van der Waals surface area contributed by atoms with Gasteiger partial charge in [-0.1, -0.05) is 24.9 Å². The fourth-order valence-electron chi connectivity index (χ4n) is 2.51. The Morgan fingerprint density at radius 2 is 1.89 bits per heavy atom. The van der Waals surface area contributed by atoms with Crippen molar-refractivity contribution in [2.24, 2.45) is 10.2 Å². The van der Waals surface area contributed by atoms with Crippen molar-refractivity contribution in [3.63, 3.8) is 0 Å². The molecule has 1 aromatic heterocycles. The van der Waals surface area contributed by atoms with Gasteiger partial charge in [0.1, 0.15) is 0 Å². The lowest BCUT2D eigenvalue weighted by atomic mass is 10.1. The van der Waals surface area contributed by atoms with E-state index in [0.29, 0.717) is 26.9 Å². The van der Waals surface area contributed by atoms with Gasteiger partial charge < -0.3 is 4.90 Å². The van der Waals surface area contributed by atoms with Gasteiger partial charge in [-0.3, -0.25) is 0 Å². The highest BCUT2D eigenvalue weighted by Gasteiger charge is 2.35. The van der Waals surface area contributed by atoms with Crippen LogP contribution in [-0.2, 0) is 6.18 Å². The van der Waals surface area contributed by atoms with E-state index in [1.807, 2.05) is 13.0 Å². The first-order chi connectivity index (χ1) is 12.7. The Hall–Kier alpha value is -1.67. The monoisotopic (exact) mass is 418 g/mol. The maximum absolute atomic E-state index is 12.8. The molecule has 0 aliphatic rings. The van der Waals surface area contributed by atoms with Gasteiger partial charge in [-0.25, -0.2) is 4.98 Å². The number of benzene rings is 1. The first-order valence-electron chi connectivity index (χ1n) is 8.68. The third kappa shape index (κ3) is 5.42. The Labute approximate surface area is 166 Å². The second kappa shape index (κ2) is 9.01. The average molecular weight is 419 g/mol. The number of thiazole rings is 1. The van der Waals surface area contributed by atoms with E-state index in [0.717, 1.165) is 37.2 Å². The zero-order valence-electron chi connectivity index (χ0n) is 15.7. The van der Waals surface area contributed by atoms with E-state index in [2.05, 4.69) is 34.0 Å². The Kier molecular flexibility index (Phi) is 7.22. The Balaban J connectivity index is 2.29. The number of halogens is 4. The predicted octanol–water partition coefficient (Wildman–Crippen LogP) is 7.47. The summed E-state index contributed by atoms with van der Waals surface area (Å²) in [5, 5.41) is 7.61. The Bertz CT molecular complexity index is 818. The van der Waals surface area contributed by atoms with Crippen LogP contribution in [0, 0.1) is 13.8 Å². The van der Waals surface area contributed by atoms with Gasteiger partial charge in [-0.15, -0.1) is 21.6 Å². The molecule has 0 unspecified atom stereocenters. The normalized spacial score (nSPS) is 12.1. The van der Waals surface area contributed by atoms with Crippen LogP contribution in [0.3, 0.4) is 0 Å². The Morgan fingerprint density at radius 3 is 2.44 bits per heavy atom. The molecule has 2 aromatic rings. The molecule has 148 valence electrons. The predicted molar refractivity (Wildman–Crippen MR) is 105 cm³/mol. The quantitative estimate of drug-likeness (QED) is 0.437. The van der Waals surface area contributed by atoms with Crippen molar-refractivity contribution in [2.45, 2.75) is 46.7 Å². The van der Waals surface area contributed by atoms with Crippen LogP contribution in [0.1, 0.15) is 42.1 Å². The summed E-state index contributed by atoms with van der Waals surface area (Å²) in [6.07, 6.45) is -2.33. The third-order valence-corrected chi connectivity index (χ3v) is 5.34. The number of anilines is 1. The maximum Gasteiger partial charge on any atom is 0.443 e. The van der Waals surface area contributed by atoms with Gasteiger partial charge in [0, 0.05) is 13.1 Å². The van der Waals surface area contributed by atoms with E-state index in [1.54, 1.807) is 6.07 Å². The summed E-state index contributed by atoms with van der Waals surface area (Å²) >= 11 is 6.98. The van der Waals surface area contributed by atoms with E-state index in [9.17, 15) is 13.2 Å². The van der Waals surface area contributed by atoms with Crippen LogP contribution in [0.25, 0.3) is 0 Å². The summed E-state index contributed by atoms with van der Waals surface area (Å²) in [5.41, 5.74) is 2.28. The van der Waals surface area contributed by atoms with Crippen LogP contribution in [-0.4, -0.2) is 18.1 Å². The average Bonchev–Trinajstić information content (AvgIpc) is 2.98. The number of azo groups is 1. The van der Waals surface area contributed by atoms with Crippen LogP contribution in [0.4, 0.5) is 30.4 Å². The highest BCUT2D eigenvalue weighted by molar-refractivity contribution is 7.12. The van der Waals surface area contributed by atoms with Crippen molar-refractivity contribution in [3.05, 3.63) is 32.6 Å². The highest BCUT2D eigenvalue weighted by atomic mass is 35.5. The second-order valence-corrected chi connectivity index (χ2v) is 7.73. The molecule has 0 aliphatic heterocycles. The largest absolute Gasteiger partial charge is 0.443 e. The van der Waals surface area contributed by atoms with Gasteiger partial charge in [0.15, 0.2) is 10.8 Å². The summed E-state index contributed by atoms with van der Waals surface area (Å²) in [6, 6.07) is 3.63. The molecule has 0 aliphatic carbocycles. The van der Waals surface area contributed by atoms with Crippen LogP contribution in [0.5, 0.6) is 0 Å². The molecule has 0 atom stereocenters. The van der Waals surface area contributed by atoms with E-state index in [1.165, 1.54) is 6.92 Å². The summed E-state index contributed by atoms with van der Waals surface area (Å²) in [4.78, 5) is 6.09. The highest BCUT2D eigenvalue weighted by Crippen LogP contribution is 2.38. The van der Waals surface area contributed by atoms with Gasteiger partial charge in [0.2, 0.25) is 0 Å². The number of aryl methyl sites for hydroxylation is 2. The van der Waals surface area contributed by atoms with Crippen molar-refractivity contribution in [3.8, 4) is 0 Å². The van der Waals surface area contributed by atoms with Crippen LogP contribution >= 0.6 is 22.9 Å². The smallest absolute Gasteiger partial charge is 0.371 e. The maximum atomic E-state index is 12.8. The molecule has 27 heavy (non-hydrogen) atoms. The van der Waals surface area contributed by atoms with E-state index in [-0.39, 0.29) is 5.82 Å². The summed E-state index contributed by atoms with van der Waals surface area (Å²) in [5.74, 6) is -0.0231. The van der Waals surface area contributed by atoms with Crippen LogP contribution in [0.2, 0.25) is 5.02 Å². The zero-order valence-corrected chi connectivity index (χ0v) is 17.3. The lowest BCUT2D eigenvalue weighted by Crippen LogP contribution is -2.24. The van der Waals surface area contributed by atoms with E-state index in [4.69, 9.17) is 11.6 Å². The lowest BCUT2D eigenvalue weighted by molar-refractivity contribution is -0.137. The SMILES string of the molecule is CCCCN(CC)c1cc(C)c(N=Nc2nc(C(F)(F)F)sc2C)cc1Cl. The number of unbranched alkanes of at least 4 members (excludes halogenated alkanes) is 1. The standard InChI is InChI=1S/C18H22ClF3N4S/c1-5-7-8-26(6-2)15-9-11(3)14(10-13(15)19)24-25-16-12(4)27-17(23-16)18(20,21)22/h9-10H,5-8H2,1-4H3. The molecule has 2 rings (SSSR count). The first-order valence-corrected chi connectivity index (χ1v) is 9.88. The fourth-order valence-corrected chi connectivity index (χ4v) is 3.50. The molecular weight excluding hydrogens is 397 g/mol. The topological polar surface area (TPSA) is 40.9 Å². The molecule has 0 saturated carbocycles. The number of rotatable bonds is 7. The first kappa shape index (κ1) is 21.6. The summed E-state index contributed by atoms with van der Waals surface area (Å²) in [6.45, 7) is 9.35. The van der Waals surface area contributed by atoms with Crippen molar-refractivity contribution < 1.29 is 13.2 Å². The summed E-state index contributed by atoms with van der Waals surface area (Å²) in [7, 11) is 0. The van der Waals surface area contributed by atoms with Gasteiger partial charge in [0.05, 0.1) is 21.3 Å².